The van der Waals surface area contributed by atoms with Gasteiger partial charge in [0.25, 0.3) is 5.56 Å². The molecule has 4 aromatic rings. The summed E-state index contributed by atoms with van der Waals surface area (Å²) in [6.07, 6.45) is 1.80. The van der Waals surface area contributed by atoms with E-state index >= 15 is 0 Å². The minimum absolute atomic E-state index is 0.163. The summed E-state index contributed by atoms with van der Waals surface area (Å²) >= 11 is 4.79. The normalized spacial score (nSPS) is 11.9. The number of fused-ring (bicyclic) bond motifs is 1. The number of ether oxygens (including phenoxy) is 2. The van der Waals surface area contributed by atoms with Crippen LogP contribution in [0.4, 0.5) is 0 Å². The van der Waals surface area contributed by atoms with E-state index in [4.69, 9.17) is 9.47 Å². The number of rotatable bonds is 4. The fraction of sp³-hybridized carbons (Fsp3) is 0.105. The van der Waals surface area contributed by atoms with Crippen LogP contribution in [0.25, 0.3) is 22.4 Å². The quantitative estimate of drug-likeness (QED) is 0.484. The second-order valence-corrected chi connectivity index (χ2v) is 7.51. The molecule has 0 aliphatic heterocycles. The van der Waals surface area contributed by atoms with Crippen LogP contribution in [0.3, 0.4) is 0 Å². The van der Waals surface area contributed by atoms with Gasteiger partial charge in [-0.2, -0.15) is 0 Å². The van der Waals surface area contributed by atoms with Crippen molar-refractivity contribution in [1.82, 2.24) is 14.6 Å². The van der Waals surface area contributed by atoms with Crippen LogP contribution in [0.2, 0.25) is 0 Å². The second-order valence-electron chi connectivity index (χ2n) is 5.65. The van der Waals surface area contributed by atoms with Gasteiger partial charge in [-0.25, -0.2) is 4.40 Å². The molecule has 0 fully saturated rings. The van der Waals surface area contributed by atoms with E-state index in [2.05, 4.69) is 26.1 Å². The summed E-state index contributed by atoms with van der Waals surface area (Å²) in [5.74, 6) is 1.83. The summed E-state index contributed by atoms with van der Waals surface area (Å²) in [6.45, 7) is 0. The molecule has 8 heteroatoms. The van der Waals surface area contributed by atoms with Crippen LogP contribution in [0, 0.1) is 0 Å². The van der Waals surface area contributed by atoms with E-state index < -0.39 is 0 Å². The molecule has 0 unspecified atom stereocenters. The summed E-state index contributed by atoms with van der Waals surface area (Å²) in [5, 5.41) is 8.36. The van der Waals surface area contributed by atoms with Crippen molar-refractivity contribution in [3.8, 4) is 22.9 Å². The van der Waals surface area contributed by atoms with Crippen LogP contribution >= 0.6 is 27.3 Å². The Morgan fingerprint density at radius 1 is 1.11 bits per heavy atom. The Labute approximate surface area is 166 Å². The average molecular weight is 444 g/mol. The zero-order valence-electron chi connectivity index (χ0n) is 14.5. The molecule has 0 bridgehead atoms. The molecule has 0 atom stereocenters. The van der Waals surface area contributed by atoms with Crippen molar-refractivity contribution in [2.45, 2.75) is 0 Å². The van der Waals surface area contributed by atoms with Gasteiger partial charge in [-0.05, 0) is 24.3 Å². The van der Waals surface area contributed by atoms with Crippen molar-refractivity contribution in [2.75, 3.05) is 14.2 Å². The molecule has 4 rings (SSSR count). The van der Waals surface area contributed by atoms with E-state index in [0.29, 0.717) is 26.8 Å². The summed E-state index contributed by atoms with van der Waals surface area (Å²) in [4.78, 5) is 13.5. The maximum atomic E-state index is 13.0. The number of aromatic nitrogens is 3. The third kappa shape index (κ3) is 3.11. The lowest BCUT2D eigenvalue weighted by Gasteiger charge is -2.06. The number of hydrogen-bond acceptors (Lipinski definition) is 6. The molecule has 0 saturated carbocycles. The van der Waals surface area contributed by atoms with Gasteiger partial charge in [0, 0.05) is 21.7 Å². The molecule has 6 nitrogen and oxygen atoms in total. The van der Waals surface area contributed by atoms with Crippen LogP contribution in [0.5, 0.6) is 11.5 Å². The van der Waals surface area contributed by atoms with Gasteiger partial charge in [0.1, 0.15) is 11.5 Å². The van der Waals surface area contributed by atoms with Crippen molar-refractivity contribution in [2.24, 2.45) is 0 Å². The molecule has 2 aromatic carbocycles. The number of benzene rings is 2. The molecular weight excluding hydrogens is 430 g/mol. The van der Waals surface area contributed by atoms with Crippen LogP contribution in [0.1, 0.15) is 5.56 Å². The van der Waals surface area contributed by atoms with E-state index in [1.807, 2.05) is 36.4 Å². The van der Waals surface area contributed by atoms with Crippen molar-refractivity contribution >= 4 is 38.3 Å². The Kier molecular flexibility index (Phi) is 4.67. The summed E-state index contributed by atoms with van der Waals surface area (Å²) in [6, 6.07) is 13.1. The molecule has 0 aliphatic carbocycles. The van der Waals surface area contributed by atoms with Gasteiger partial charge in [0.2, 0.25) is 4.96 Å². The number of hydrogen-bond donors (Lipinski definition) is 0. The van der Waals surface area contributed by atoms with Crippen molar-refractivity contribution in [1.29, 1.82) is 0 Å². The fourth-order valence-electron chi connectivity index (χ4n) is 2.76. The molecule has 27 heavy (non-hydrogen) atoms. The maximum absolute atomic E-state index is 13.0. The molecule has 0 N–H and O–H groups in total. The largest absolute Gasteiger partial charge is 0.497 e. The summed E-state index contributed by atoms with van der Waals surface area (Å²) in [7, 11) is 3.18. The first kappa shape index (κ1) is 17.7. The minimum Gasteiger partial charge on any atom is -0.497 e. The van der Waals surface area contributed by atoms with Gasteiger partial charge in [-0.1, -0.05) is 45.5 Å². The first-order valence-electron chi connectivity index (χ1n) is 7.99. The van der Waals surface area contributed by atoms with Crippen molar-refractivity contribution in [3.63, 3.8) is 0 Å². The third-order valence-corrected chi connectivity index (χ3v) is 5.74. The van der Waals surface area contributed by atoms with Gasteiger partial charge in [0.15, 0.2) is 5.82 Å². The van der Waals surface area contributed by atoms with Gasteiger partial charge in [-0.3, -0.25) is 4.79 Å². The Morgan fingerprint density at radius 3 is 2.67 bits per heavy atom. The first-order valence-corrected chi connectivity index (χ1v) is 9.60. The van der Waals surface area contributed by atoms with Crippen molar-refractivity contribution < 1.29 is 9.47 Å². The predicted octanol–water partition coefficient (Wildman–Crippen LogP) is 3.15. The standard InChI is InChI=1S/C19H14BrN3O3S/c1-25-12-8-7-11(15(10-12)26-2)9-16-18(24)23-17(21-22-19(23)27-16)13-5-3-4-6-14(13)20/h3-10H,1-2H3/b16-9-. The zero-order chi connectivity index (χ0) is 19.0. The highest BCUT2D eigenvalue weighted by atomic mass is 79.9. The zero-order valence-corrected chi connectivity index (χ0v) is 16.9. The smallest absolute Gasteiger partial charge is 0.276 e. The Bertz CT molecular complexity index is 1250. The molecule has 0 amide bonds. The van der Waals surface area contributed by atoms with Gasteiger partial charge in [-0.15, -0.1) is 10.2 Å². The van der Waals surface area contributed by atoms with Crippen LogP contribution in [-0.4, -0.2) is 28.8 Å². The van der Waals surface area contributed by atoms with Gasteiger partial charge >= 0.3 is 0 Å². The molecule has 0 saturated heterocycles. The molecule has 0 aliphatic rings. The number of halogens is 1. The fourth-order valence-corrected chi connectivity index (χ4v) is 4.12. The van der Waals surface area contributed by atoms with E-state index in [0.717, 1.165) is 15.6 Å². The monoisotopic (exact) mass is 443 g/mol. The third-order valence-electron chi connectivity index (χ3n) is 4.09. The maximum Gasteiger partial charge on any atom is 0.276 e. The number of methoxy groups -OCH3 is 2. The van der Waals surface area contributed by atoms with Crippen LogP contribution < -0.4 is 19.6 Å². The second kappa shape index (κ2) is 7.13. The Morgan fingerprint density at radius 2 is 1.93 bits per heavy atom. The van der Waals surface area contributed by atoms with E-state index in [1.165, 1.54) is 15.7 Å². The molecule has 136 valence electrons. The SMILES string of the molecule is COc1ccc(/C=c2\sc3nnc(-c4ccccc4Br)n3c2=O)c(OC)c1. The van der Waals surface area contributed by atoms with E-state index in [-0.39, 0.29) is 5.56 Å². The highest BCUT2D eigenvalue weighted by Crippen LogP contribution is 2.27. The Hall–Kier alpha value is -2.71. The molecule has 0 spiro atoms. The van der Waals surface area contributed by atoms with Crippen LogP contribution in [0.15, 0.2) is 51.7 Å². The highest BCUT2D eigenvalue weighted by molar-refractivity contribution is 9.10. The Balaban J connectivity index is 1.91. The van der Waals surface area contributed by atoms with Crippen molar-refractivity contribution in [3.05, 3.63) is 67.4 Å². The number of thiazole rings is 1. The lowest BCUT2D eigenvalue weighted by atomic mass is 10.2. The highest BCUT2D eigenvalue weighted by Gasteiger charge is 2.16. The number of nitrogens with zero attached hydrogens (tertiary/aromatic N) is 3. The van der Waals surface area contributed by atoms with Crippen LogP contribution in [-0.2, 0) is 0 Å². The molecule has 2 heterocycles. The molecular formula is C19H14BrN3O3S. The average Bonchev–Trinajstić information content (AvgIpc) is 3.23. The van der Waals surface area contributed by atoms with Gasteiger partial charge in [0.05, 0.1) is 18.8 Å². The molecule has 2 aromatic heterocycles. The van der Waals surface area contributed by atoms with E-state index in [1.54, 1.807) is 26.4 Å². The molecule has 0 radical (unpaired) electrons. The lowest BCUT2D eigenvalue weighted by Crippen LogP contribution is -2.23. The predicted molar refractivity (Wildman–Crippen MR) is 109 cm³/mol. The van der Waals surface area contributed by atoms with E-state index in [9.17, 15) is 4.79 Å². The summed E-state index contributed by atoms with van der Waals surface area (Å²) < 4.78 is 13.6. The topological polar surface area (TPSA) is 65.7 Å². The lowest BCUT2D eigenvalue weighted by molar-refractivity contribution is 0.393. The van der Waals surface area contributed by atoms with Gasteiger partial charge < -0.3 is 9.47 Å². The summed E-state index contributed by atoms with van der Waals surface area (Å²) in [5.41, 5.74) is 1.44. The first-order chi connectivity index (χ1) is 13.1. The minimum atomic E-state index is -0.163.